The summed E-state index contributed by atoms with van der Waals surface area (Å²) in [6.45, 7) is 3.66. The summed E-state index contributed by atoms with van der Waals surface area (Å²) < 4.78 is 0. The molecule has 0 amide bonds. The molecule has 0 radical (unpaired) electrons. The average molecular weight is 295 g/mol. The second-order valence-electron chi connectivity index (χ2n) is 4.32. The molecule has 0 aromatic heterocycles. The van der Waals surface area contributed by atoms with Crippen LogP contribution < -0.4 is 10.6 Å². The van der Waals surface area contributed by atoms with Crippen molar-refractivity contribution >= 4 is 34.6 Å². The van der Waals surface area contributed by atoms with Crippen molar-refractivity contribution in [2.45, 2.75) is 6.92 Å². The minimum absolute atomic E-state index is 0.568. The van der Waals surface area contributed by atoms with Crippen LogP contribution in [0.3, 0.4) is 0 Å². The van der Waals surface area contributed by atoms with Crippen molar-refractivity contribution in [3.8, 4) is 0 Å². The van der Waals surface area contributed by atoms with Crippen molar-refractivity contribution in [1.82, 2.24) is 0 Å². The summed E-state index contributed by atoms with van der Waals surface area (Å²) in [4.78, 5) is 0. The van der Waals surface area contributed by atoms with E-state index in [9.17, 15) is 0 Å². The number of hydrogen-bond donors (Lipinski definition) is 2. The second-order valence-corrected chi connectivity index (χ2v) is 5.11. The number of anilines is 2. The monoisotopic (exact) mass is 294 g/mol. The van der Waals surface area contributed by atoms with Crippen LogP contribution in [0.2, 0.25) is 10.0 Å². The van der Waals surface area contributed by atoms with Gasteiger partial charge in [-0.1, -0.05) is 41.4 Å². The molecule has 100 valence electrons. The maximum Gasteiger partial charge on any atom is 0.0823 e. The molecule has 0 heterocycles. The molecule has 0 saturated carbocycles. The highest BCUT2D eigenvalue weighted by atomic mass is 35.5. The quantitative estimate of drug-likeness (QED) is 0.772. The van der Waals surface area contributed by atoms with Crippen LogP contribution >= 0.6 is 23.2 Å². The maximum absolute atomic E-state index is 6.10. The van der Waals surface area contributed by atoms with Crippen LogP contribution in [0, 0.1) is 6.92 Å². The fourth-order valence-electron chi connectivity index (χ4n) is 1.80. The zero-order chi connectivity index (χ0) is 13.7. The van der Waals surface area contributed by atoms with Gasteiger partial charge in [-0.25, -0.2) is 0 Å². The Morgan fingerprint density at radius 3 is 2.47 bits per heavy atom. The Labute approximate surface area is 123 Å². The normalized spacial score (nSPS) is 10.3. The Hall–Kier alpha value is -1.38. The number of rotatable bonds is 5. The molecule has 0 saturated heterocycles. The molecule has 2 N–H and O–H groups in total. The number of benzene rings is 2. The van der Waals surface area contributed by atoms with Crippen molar-refractivity contribution in [3.05, 3.63) is 58.1 Å². The Balaban J connectivity index is 1.82. The molecule has 0 bridgehead atoms. The third-order valence-corrected chi connectivity index (χ3v) is 3.56. The van der Waals surface area contributed by atoms with E-state index in [2.05, 4.69) is 35.8 Å². The highest BCUT2D eigenvalue weighted by molar-refractivity contribution is 6.43. The average Bonchev–Trinajstić information content (AvgIpc) is 2.39. The van der Waals surface area contributed by atoms with Crippen molar-refractivity contribution in [3.63, 3.8) is 0 Å². The van der Waals surface area contributed by atoms with Gasteiger partial charge in [0, 0.05) is 18.8 Å². The van der Waals surface area contributed by atoms with E-state index in [1.165, 1.54) is 5.56 Å². The molecule has 4 heteroatoms. The molecular formula is C15H16Cl2N2. The molecule has 0 atom stereocenters. The van der Waals surface area contributed by atoms with Crippen LogP contribution in [-0.4, -0.2) is 13.1 Å². The SMILES string of the molecule is Cc1cccc(NCCNc2cccc(Cl)c2Cl)c1. The minimum Gasteiger partial charge on any atom is -0.383 e. The molecule has 2 aromatic carbocycles. The van der Waals surface area contributed by atoms with Gasteiger partial charge >= 0.3 is 0 Å². The van der Waals surface area contributed by atoms with Crippen molar-refractivity contribution in [2.24, 2.45) is 0 Å². The predicted molar refractivity (Wildman–Crippen MR) is 84.6 cm³/mol. The standard InChI is InChI=1S/C15H16Cl2N2/c1-11-4-2-5-12(10-11)18-8-9-19-14-7-3-6-13(16)15(14)17/h2-7,10,18-19H,8-9H2,1H3. The van der Waals surface area contributed by atoms with Gasteiger partial charge in [0.25, 0.3) is 0 Å². The number of aryl methyl sites for hydroxylation is 1. The van der Waals surface area contributed by atoms with Gasteiger partial charge < -0.3 is 10.6 Å². The lowest BCUT2D eigenvalue weighted by Crippen LogP contribution is -2.13. The number of halogens is 2. The molecule has 2 rings (SSSR count). The molecule has 0 fully saturated rings. The first-order valence-electron chi connectivity index (χ1n) is 6.15. The van der Waals surface area contributed by atoms with Crippen LogP contribution in [0.1, 0.15) is 5.56 Å². The fraction of sp³-hybridized carbons (Fsp3) is 0.200. The van der Waals surface area contributed by atoms with Gasteiger partial charge in [0.15, 0.2) is 0 Å². The van der Waals surface area contributed by atoms with E-state index < -0.39 is 0 Å². The molecule has 0 aliphatic rings. The van der Waals surface area contributed by atoms with E-state index in [0.29, 0.717) is 10.0 Å². The van der Waals surface area contributed by atoms with E-state index in [1.54, 1.807) is 6.07 Å². The summed E-state index contributed by atoms with van der Waals surface area (Å²) in [6, 6.07) is 13.9. The zero-order valence-corrected chi connectivity index (χ0v) is 12.2. The number of nitrogens with one attached hydrogen (secondary N) is 2. The Morgan fingerprint density at radius 1 is 0.947 bits per heavy atom. The molecule has 0 aliphatic carbocycles. The van der Waals surface area contributed by atoms with Gasteiger partial charge in [-0.05, 0) is 36.8 Å². The lowest BCUT2D eigenvalue weighted by Gasteiger charge is -2.11. The van der Waals surface area contributed by atoms with Gasteiger partial charge in [-0.2, -0.15) is 0 Å². The molecule has 0 aliphatic heterocycles. The molecular weight excluding hydrogens is 279 g/mol. The van der Waals surface area contributed by atoms with E-state index in [4.69, 9.17) is 23.2 Å². The highest BCUT2D eigenvalue weighted by Gasteiger charge is 2.02. The Bertz CT molecular complexity index is 556. The van der Waals surface area contributed by atoms with Crippen molar-refractivity contribution in [2.75, 3.05) is 23.7 Å². The largest absolute Gasteiger partial charge is 0.383 e. The van der Waals surface area contributed by atoms with Gasteiger partial charge in [0.05, 0.1) is 15.7 Å². The van der Waals surface area contributed by atoms with Crippen LogP contribution in [0.5, 0.6) is 0 Å². The summed E-state index contributed by atoms with van der Waals surface area (Å²) >= 11 is 12.0. The van der Waals surface area contributed by atoms with Gasteiger partial charge in [-0.15, -0.1) is 0 Å². The van der Waals surface area contributed by atoms with E-state index in [-0.39, 0.29) is 0 Å². The third-order valence-electron chi connectivity index (χ3n) is 2.74. The molecule has 0 unspecified atom stereocenters. The maximum atomic E-state index is 6.10. The first-order valence-corrected chi connectivity index (χ1v) is 6.91. The first-order chi connectivity index (χ1) is 9.16. The third kappa shape index (κ3) is 4.05. The number of hydrogen-bond acceptors (Lipinski definition) is 2. The van der Waals surface area contributed by atoms with Gasteiger partial charge in [0.2, 0.25) is 0 Å². The fourth-order valence-corrected chi connectivity index (χ4v) is 2.17. The molecule has 0 spiro atoms. The smallest absolute Gasteiger partial charge is 0.0823 e. The first kappa shape index (κ1) is 14.0. The predicted octanol–water partition coefficient (Wildman–Crippen LogP) is 4.83. The van der Waals surface area contributed by atoms with E-state index in [1.807, 2.05) is 18.2 Å². The molecule has 2 aromatic rings. The van der Waals surface area contributed by atoms with Crippen LogP contribution in [0.15, 0.2) is 42.5 Å². The van der Waals surface area contributed by atoms with Gasteiger partial charge in [-0.3, -0.25) is 0 Å². The van der Waals surface area contributed by atoms with Crippen LogP contribution in [0.4, 0.5) is 11.4 Å². The second kappa shape index (κ2) is 6.69. The summed E-state index contributed by atoms with van der Waals surface area (Å²) in [5.74, 6) is 0. The summed E-state index contributed by atoms with van der Waals surface area (Å²) in [6.07, 6.45) is 0. The van der Waals surface area contributed by atoms with E-state index in [0.717, 1.165) is 24.5 Å². The zero-order valence-electron chi connectivity index (χ0n) is 10.7. The minimum atomic E-state index is 0.568. The topological polar surface area (TPSA) is 24.1 Å². The van der Waals surface area contributed by atoms with E-state index >= 15 is 0 Å². The highest BCUT2D eigenvalue weighted by Crippen LogP contribution is 2.29. The lowest BCUT2D eigenvalue weighted by molar-refractivity contribution is 1.08. The van der Waals surface area contributed by atoms with Crippen molar-refractivity contribution < 1.29 is 0 Å². The van der Waals surface area contributed by atoms with Crippen LogP contribution in [-0.2, 0) is 0 Å². The summed E-state index contributed by atoms with van der Waals surface area (Å²) in [7, 11) is 0. The summed E-state index contributed by atoms with van der Waals surface area (Å²) in [5.41, 5.74) is 3.23. The Morgan fingerprint density at radius 2 is 1.68 bits per heavy atom. The summed E-state index contributed by atoms with van der Waals surface area (Å²) in [5, 5.41) is 7.75. The lowest BCUT2D eigenvalue weighted by atomic mass is 10.2. The molecule has 19 heavy (non-hydrogen) atoms. The molecule has 2 nitrogen and oxygen atoms in total. The van der Waals surface area contributed by atoms with Crippen molar-refractivity contribution in [1.29, 1.82) is 0 Å². The van der Waals surface area contributed by atoms with Gasteiger partial charge in [0.1, 0.15) is 0 Å². The van der Waals surface area contributed by atoms with Crippen LogP contribution in [0.25, 0.3) is 0 Å². The Kier molecular flexibility index (Phi) is 4.94.